The van der Waals surface area contributed by atoms with Crippen LogP contribution in [0.2, 0.25) is 0 Å². The molecular weight excluding hydrogens is 536 g/mol. The first-order valence-corrected chi connectivity index (χ1v) is 14.6. The highest BCUT2D eigenvalue weighted by atomic mass is 16.5. The van der Waals surface area contributed by atoms with Crippen LogP contribution in [-0.4, -0.2) is 62.0 Å². The van der Waals surface area contributed by atoms with E-state index in [4.69, 9.17) is 9.47 Å². The molecule has 2 aromatic rings. The van der Waals surface area contributed by atoms with Crippen molar-refractivity contribution in [1.82, 2.24) is 21.3 Å². The second-order valence-electron chi connectivity index (χ2n) is 11.4. The summed E-state index contributed by atoms with van der Waals surface area (Å²) in [5, 5.41) is 11.4. The lowest BCUT2D eigenvalue weighted by molar-refractivity contribution is -0.132. The molecule has 0 aromatic heterocycles. The lowest BCUT2D eigenvalue weighted by atomic mass is 10.00. The highest BCUT2D eigenvalue weighted by molar-refractivity contribution is 6.01. The molecule has 42 heavy (non-hydrogen) atoms. The lowest BCUT2D eigenvalue weighted by Gasteiger charge is -2.28. The minimum atomic E-state index is -1.16. The molecule has 2 aromatic carbocycles. The number of aryl methyl sites for hydroxylation is 1. The van der Waals surface area contributed by atoms with Crippen molar-refractivity contribution in [3.05, 3.63) is 59.7 Å². The molecule has 10 heteroatoms. The highest BCUT2D eigenvalue weighted by Crippen LogP contribution is 2.20. The maximum absolute atomic E-state index is 13.4. The second-order valence-corrected chi connectivity index (χ2v) is 11.4. The third-order valence-electron chi connectivity index (χ3n) is 7.03. The van der Waals surface area contributed by atoms with Crippen molar-refractivity contribution in [2.24, 2.45) is 11.8 Å². The summed E-state index contributed by atoms with van der Waals surface area (Å²) in [6, 6.07) is 12.1. The predicted octanol–water partition coefficient (Wildman–Crippen LogP) is 3.00. The van der Waals surface area contributed by atoms with Crippen LogP contribution < -0.4 is 30.7 Å². The quantitative estimate of drug-likeness (QED) is 0.337. The van der Waals surface area contributed by atoms with Crippen molar-refractivity contribution in [2.45, 2.75) is 71.5 Å². The maximum atomic E-state index is 13.4. The molecular formula is C32H44N4O6. The average molecular weight is 581 g/mol. The van der Waals surface area contributed by atoms with Crippen LogP contribution in [0.15, 0.2) is 48.5 Å². The summed E-state index contributed by atoms with van der Waals surface area (Å²) in [7, 11) is 1.61. The Morgan fingerprint density at radius 1 is 1.02 bits per heavy atom. The van der Waals surface area contributed by atoms with Crippen LogP contribution in [0.4, 0.5) is 0 Å². The standard InChI is InChI=1S/C32H44N4O6/c1-20(2)16-23-19-42-27-14-7-6-13-25(27)30(38)35-26(18-28(37)36-29(21(3)4)32(40)34-23)31(39)33-15-9-11-22-10-8-12-24(17-22)41-5/h6-8,10,12-14,17,20-21,23,26,29H,9,11,15-16,18-19H2,1-5H3,(H,33,39)(H,34,40)(H,35,38)(H,36,37)/t23-,26+,29-/m1/s1. The van der Waals surface area contributed by atoms with Gasteiger partial charge in [-0.05, 0) is 60.9 Å². The maximum Gasteiger partial charge on any atom is 0.255 e. The smallest absolute Gasteiger partial charge is 0.255 e. The fourth-order valence-electron chi connectivity index (χ4n) is 4.85. The third-order valence-corrected chi connectivity index (χ3v) is 7.03. The molecule has 1 aliphatic rings. The second kappa shape index (κ2) is 15.8. The molecule has 3 rings (SSSR count). The first-order valence-electron chi connectivity index (χ1n) is 14.6. The number of hydrogen-bond donors (Lipinski definition) is 4. The van der Waals surface area contributed by atoms with Crippen LogP contribution in [0.5, 0.6) is 11.5 Å². The molecule has 0 spiro atoms. The van der Waals surface area contributed by atoms with Gasteiger partial charge < -0.3 is 30.7 Å². The van der Waals surface area contributed by atoms with Gasteiger partial charge in [0.1, 0.15) is 30.2 Å². The third kappa shape index (κ3) is 9.78. The topological polar surface area (TPSA) is 135 Å². The minimum Gasteiger partial charge on any atom is -0.497 e. The van der Waals surface area contributed by atoms with Gasteiger partial charge in [-0.25, -0.2) is 0 Å². The number of fused-ring (bicyclic) bond motifs is 1. The number of ether oxygens (including phenoxy) is 2. The van der Waals surface area contributed by atoms with E-state index in [0.717, 1.165) is 11.3 Å². The van der Waals surface area contributed by atoms with Gasteiger partial charge in [-0.15, -0.1) is 0 Å². The average Bonchev–Trinajstić information content (AvgIpc) is 2.95. The number of para-hydroxylation sites is 1. The summed E-state index contributed by atoms with van der Waals surface area (Å²) in [6.07, 6.45) is 1.68. The molecule has 3 atom stereocenters. The Morgan fingerprint density at radius 2 is 1.79 bits per heavy atom. The molecule has 1 heterocycles. The summed E-state index contributed by atoms with van der Waals surface area (Å²) < 4.78 is 11.3. The van der Waals surface area contributed by atoms with Crippen molar-refractivity contribution in [3.8, 4) is 11.5 Å². The van der Waals surface area contributed by atoms with Crippen LogP contribution in [0.1, 0.15) is 62.9 Å². The Hall–Kier alpha value is -4.08. The van der Waals surface area contributed by atoms with E-state index < -0.39 is 29.8 Å². The van der Waals surface area contributed by atoms with Crippen LogP contribution in [-0.2, 0) is 20.8 Å². The van der Waals surface area contributed by atoms with Gasteiger partial charge in [0.25, 0.3) is 5.91 Å². The van der Waals surface area contributed by atoms with Gasteiger partial charge in [-0.3, -0.25) is 19.2 Å². The molecule has 1 aliphatic heterocycles. The molecule has 0 saturated heterocycles. The van der Waals surface area contributed by atoms with Crippen LogP contribution in [0.3, 0.4) is 0 Å². The summed E-state index contributed by atoms with van der Waals surface area (Å²) >= 11 is 0. The first kappa shape index (κ1) is 32.4. The normalized spacial score (nSPS) is 20.0. The van der Waals surface area contributed by atoms with Gasteiger partial charge in [0.15, 0.2) is 0 Å². The SMILES string of the molecule is COc1cccc(CCCNC(=O)[C@@H]2CC(=O)N[C@H](C(C)C)C(=O)N[C@H](CC(C)C)COc3ccccc3C(=O)N2)c1. The molecule has 4 N–H and O–H groups in total. The summed E-state index contributed by atoms with van der Waals surface area (Å²) in [5.41, 5.74) is 1.31. The molecule has 10 nitrogen and oxygen atoms in total. The van der Waals surface area contributed by atoms with Crippen molar-refractivity contribution in [3.63, 3.8) is 0 Å². The molecule has 0 unspecified atom stereocenters. The fraction of sp³-hybridized carbons (Fsp3) is 0.500. The Balaban J connectivity index is 1.79. The van der Waals surface area contributed by atoms with E-state index >= 15 is 0 Å². The summed E-state index contributed by atoms with van der Waals surface area (Å²) in [6.45, 7) is 8.26. The van der Waals surface area contributed by atoms with E-state index in [1.807, 2.05) is 52.0 Å². The number of carbonyl (C=O) groups is 4. The Kier molecular flexibility index (Phi) is 12.2. The number of hydrogen-bond acceptors (Lipinski definition) is 6. The number of rotatable bonds is 9. The predicted molar refractivity (Wildman–Crippen MR) is 160 cm³/mol. The molecule has 4 amide bonds. The van der Waals surface area contributed by atoms with Crippen LogP contribution >= 0.6 is 0 Å². The minimum absolute atomic E-state index is 0.143. The number of carbonyl (C=O) groups excluding carboxylic acids is 4. The van der Waals surface area contributed by atoms with Gasteiger partial charge >= 0.3 is 0 Å². The van der Waals surface area contributed by atoms with E-state index in [1.165, 1.54) is 0 Å². The first-order chi connectivity index (χ1) is 20.1. The van der Waals surface area contributed by atoms with Crippen LogP contribution in [0, 0.1) is 11.8 Å². The number of nitrogens with one attached hydrogen (secondary N) is 4. The Bertz CT molecular complexity index is 1230. The van der Waals surface area contributed by atoms with Crippen LogP contribution in [0.25, 0.3) is 0 Å². The Labute approximate surface area is 248 Å². The van der Waals surface area contributed by atoms with E-state index in [2.05, 4.69) is 21.3 Å². The molecule has 0 aliphatic carbocycles. The Morgan fingerprint density at radius 3 is 2.50 bits per heavy atom. The van der Waals surface area contributed by atoms with Crippen molar-refractivity contribution in [1.29, 1.82) is 0 Å². The summed E-state index contributed by atoms with van der Waals surface area (Å²) in [5.74, 6) is -0.687. The number of benzene rings is 2. The van der Waals surface area contributed by atoms with E-state index in [1.54, 1.807) is 31.4 Å². The summed E-state index contributed by atoms with van der Waals surface area (Å²) in [4.78, 5) is 53.0. The van der Waals surface area contributed by atoms with E-state index in [9.17, 15) is 19.2 Å². The van der Waals surface area contributed by atoms with Gasteiger partial charge in [0, 0.05) is 6.54 Å². The highest BCUT2D eigenvalue weighted by Gasteiger charge is 2.31. The van der Waals surface area contributed by atoms with Crippen molar-refractivity contribution >= 4 is 23.6 Å². The molecule has 0 saturated carbocycles. The van der Waals surface area contributed by atoms with Crippen molar-refractivity contribution in [2.75, 3.05) is 20.3 Å². The zero-order chi connectivity index (χ0) is 30.6. The van der Waals surface area contributed by atoms with E-state index in [-0.39, 0.29) is 42.4 Å². The zero-order valence-corrected chi connectivity index (χ0v) is 25.2. The van der Waals surface area contributed by atoms with E-state index in [0.29, 0.717) is 31.6 Å². The lowest BCUT2D eigenvalue weighted by Crippen LogP contribution is -2.55. The molecule has 0 bridgehead atoms. The largest absolute Gasteiger partial charge is 0.497 e. The van der Waals surface area contributed by atoms with Gasteiger partial charge in [0.2, 0.25) is 17.7 Å². The number of amides is 4. The van der Waals surface area contributed by atoms with Crippen molar-refractivity contribution < 1.29 is 28.7 Å². The molecule has 228 valence electrons. The zero-order valence-electron chi connectivity index (χ0n) is 25.2. The number of methoxy groups -OCH3 is 1. The molecule has 0 fully saturated rings. The van der Waals surface area contributed by atoms with Gasteiger partial charge in [-0.2, -0.15) is 0 Å². The molecule has 0 radical (unpaired) electrons. The monoisotopic (exact) mass is 580 g/mol. The van der Waals surface area contributed by atoms with Gasteiger partial charge in [-0.1, -0.05) is 52.0 Å². The fourth-order valence-corrected chi connectivity index (χ4v) is 4.85. The van der Waals surface area contributed by atoms with Gasteiger partial charge in [0.05, 0.1) is 25.1 Å².